The molecule has 2 N–H and O–H groups in total. The van der Waals surface area contributed by atoms with Gasteiger partial charge in [0.15, 0.2) is 0 Å². The summed E-state index contributed by atoms with van der Waals surface area (Å²) in [5, 5.41) is 0. The number of nitrogens with zero attached hydrogens (tertiary/aromatic N) is 3. The van der Waals surface area contributed by atoms with E-state index in [1.807, 2.05) is 13.8 Å². The van der Waals surface area contributed by atoms with E-state index in [4.69, 9.17) is 10.5 Å². The van der Waals surface area contributed by atoms with Gasteiger partial charge in [-0.05, 0) is 13.8 Å². The minimum absolute atomic E-state index is 0.259. The van der Waals surface area contributed by atoms with E-state index < -0.39 is 0 Å². The third kappa shape index (κ3) is 6.88. The molecule has 0 aliphatic heterocycles. The Balaban J connectivity index is 0.000000217. The first kappa shape index (κ1) is 10.8. The summed E-state index contributed by atoms with van der Waals surface area (Å²) in [5.74, 6) is 0.259. The summed E-state index contributed by atoms with van der Waals surface area (Å²) in [6.45, 7) is 5.67. The van der Waals surface area contributed by atoms with Crippen LogP contribution in [-0.4, -0.2) is 28.2 Å². The van der Waals surface area contributed by atoms with Gasteiger partial charge in [0.2, 0.25) is 5.95 Å². The third-order valence-corrected chi connectivity index (χ3v) is 0.922. The number of hydrogen-bond donors (Lipinski definition) is 1. The highest BCUT2D eigenvalue weighted by Gasteiger charge is 1.76. The maximum Gasteiger partial charge on any atom is 0.222 e. The average Bonchev–Trinajstić information content (AvgIpc) is 2.08. The van der Waals surface area contributed by atoms with Gasteiger partial charge in [0.25, 0.3) is 0 Å². The molecule has 1 heterocycles. The fourth-order valence-electron chi connectivity index (χ4n) is 0.452. The molecule has 0 amide bonds. The average molecular weight is 170 g/mol. The molecule has 0 bridgehead atoms. The number of rotatable bonds is 2. The third-order valence-electron chi connectivity index (χ3n) is 0.922. The zero-order valence-electron chi connectivity index (χ0n) is 7.40. The van der Waals surface area contributed by atoms with E-state index in [9.17, 15) is 0 Å². The molecule has 5 nitrogen and oxygen atoms in total. The minimum Gasteiger partial charge on any atom is -0.382 e. The Morgan fingerprint density at radius 3 is 1.92 bits per heavy atom. The van der Waals surface area contributed by atoms with Gasteiger partial charge >= 0.3 is 0 Å². The SMILES string of the molecule is CCOCC.Nc1ncncn1. The van der Waals surface area contributed by atoms with Crippen molar-refractivity contribution in [1.82, 2.24) is 15.0 Å². The van der Waals surface area contributed by atoms with Crippen molar-refractivity contribution in [2.75, 3.05) is 18.9 Å². The first-order valence-electron chi connectivity index (χ1n) is 3.76. The van der Waals surface area contributed by atoms with Gasteiger partial charge in [0.1, 0.15) is 12.7 Å². The molecular weight excluding hydrogens is 156 g/mol. The smallest absolute Gasteiger partial charge is 0.222 e. The summed E-state index contributed by atoms with van der Waals surface area (Å²) < 4.78 is 4.83. The van der Waals surface area contributed by atoms with Crippen LogP contribution in [0.15, 0.2) is 12.7 Å². The highest BCUT2D eigenvalue weighted by molar-refractivity contribution is 5.08. The Kier molecular flexibility index (Phi) is 7.07. The van der Waals surface area contributed by atoms with Crippen LogP contribution in [-0.2, 0) is 4.74 Å². The second-order valence-electron chi connectivity index (χ2n) is 1.78. The molecule has 0 unspecified atom stereocenters. The lowest BCUT2D eigenvalue weighted by Gasteiger charge is -1.86. The fourth-order valence-corrected chi connectivity index (χ4v) is 0.452. The Morgan fingerprint density at radius 2 is 1.75 bits per heavy atom. The Bertz CT molecular complexity index is 178. The molecule has 0 saturated heterocycles. The predicted octanol–water partition coefficient (Wildman–Crippen LogP) is 0.497. The van der Waals surface area contributed by atoms with Gasteiger partial charge in [-0.1, -0.05) is 0 Å². The second-order valence-corrected chi connectivity index (χ2v) is 1.78. The van der Waals surface area contributed by atoms with Crippen LogP contribution in [0.1, 0.15) is 13.8 Å². The summed E-state index contributed by atoms with van der Waals surface area (Å²) in [4.78, 5) is 10.6. The molecule has 0 saturated carbocycles. The van der Waals surface area contributed by atoms with Crippen LogP contribution >= 0.6 is 0 Å². The zero-order chi connectivity index (χ0) is 9.23. The van der Waals surface area contributed by atoms with Gasteiger partial charge in [0, 0.05) is 13.2 Å². The van der Waals surface area contributed by atoms with Crippen LogP contribution in [0.2, 0.25) is 0 Å². The molecule has 0 atom stereocenters. The Morgan fingerprint density at radius 1 is 1.25 bits per heavy atom. The minimum atomic E-state index is 0.259. The number of nitrogen functional groups attached to an aromatic ring is 1. The summed E-state index contributed by atoms with van der Waals surface area (Å²) >= 11 is 0. The maximum absolute atomic E-state index is 5.10. The number of aromatic nitrogens is 3. The van der Waals surface area contributed by atoms with Gasteiger partial charge < -0.3 is 10.5 Å². The lowest BCUT2D eigenvalue weighted by Crippen LogP contribution is -1.92. The maximum atomic E-state index is 5.10. The highest BCUT2D eigenvalue weighted by atomic mass is 16.5. The molecule has 0 aromatic carbocycles. The molecular formula is C7H14N4O. The molecule has 1 aromatic heterocycles. The van der Waals surface area contributed by atoms with Crippen molar-refractivity contribution in [1.29, 1.82) is 0 Å². The molecule has 1 aromatic rings. The molecule has 0 aliphatic carbocycles. The quantitative estimate of drug-likeness (QED) is 0.699. The molecule has 5 heteroatoms. The van der Waals surface area contributed by atoms with Crippen LogP contribution in [0.25, 0.3) is 0 Å². The predicted molar refractivity (Wildman–Crippen MR) is 46.4 cm³/mol. The molecule has 68 valence electrons. The van der Waals surface area contributed by atoms with Gasteiger partial charge in [-0.25, -0.2) is 15.0 Å². The summed E-state index contributed by atoms with van der Waals surface area (Å²) in [6.07, 6.45) is 2.70. The first-order valence-corrected chi connectivity index (χ1v) is 3.76. The molecule has 0 radical (unpaired) electrons. The van der Waals surface area contributed by atoms with Gasteiger partial charge in [-0.2, -0.15) is 0 Å². The van der Waals surface area contributed by atoms with Crippen molar-refractivity contribution < 1.29 is 4.74 Å². The van der Waals surface area contributed by atoms with E-state index >= 15 is 0 Å². The van der Waals surface area contributed by atoms with Crippen LogP contribution in [0.5, 0.6) is 0 Å². The normalized spacial score (nSPS) is 8.50. The van der Waals surface area contributed by atoms with Crippen molar-refractivity contribution >= 4 is 5.95 Å². The standard InChI is InChI=1S/C4H10O.C3H4N4/c1-3-5-4-2;4-3-6-1-5-2-7-3/h3-4H2,1-2H3;1-2H,(H2,4,5,6,7). The van der Waals surface area contributed by atoms with Crippen molar-refractivity contribution in [2.24, 2.45) is 0 Å². The Labute approximate surface area is 72.0 Å². The van der Waals surface area contributed by atoms with Crippen LogP contribution in [0.3, 0.4) is 0 Å². The van der Waals surface area contributed by atoms with Crippen LogP contribution < -0.4 is 5.73 Å². The zero-order valence-corrected chi connectivity index (χ0v) is 7.40. The number of anilines is 1. The lowest BCUT2D eigenvalue weighted by molar-refractivity contribution is 0.162. The van der Waals surface area contributed by atoms with Crippen molar-refractivity contribution in [3.05, 3.63) is 12.7 Å². The largest absolute Gasteiger partial charge is 0.382 e. The highest BCUT2D eigenvalue weighted by Crippen LogP contribution is 1.77. The van der Waals surface area contributed by atoms with Gasteiger partial charge in [0.05, 0.1) is 0 Å². The van der Waals surface area contributed by atoms with E-state index in [2.05, 4.69) is 15.0 Å². The number of hydrogen-bond acceptors (Lipinski definition) is 5. The monoisotopic (exact) mass is 170 g/mol. The van der Waals surface area contributed by atoms with Gasteiger partial charge in [-0.15, -0.1) is 0 Å². The van der Waals surface area contributed by atoms with E-state index in [-0.39, 0.29) is 5.95 Å². The summed E-state index contributed by atoms with van der Waals surface area (Å²) in [5.41, 5.74) is 5.10. The van der Waals surface area contributed by atoms with Crippen molar-refractivity contribution in [2.45, 2.75) is 13.8 Å². The van der Waals surface area contributed by atoms with Crippen LogP contribution in [0, 0.1) is 0 Å². The number of nitrogens with two attached hydrogens (primary N) is 1. The van der Waals surface area contributed by atoms with Crippen LogP contribution in [0.4, 0.5) is 5.95 Å². The molecule has 0 aliphatic rings. The molecule has 0 spiro atoms. The first-order chi connectivity index (χ1) is 5.81. The van der Waals surface area contributed by atoms with E-state index in [0.29, 0.717) is 0 Å². The molecule has 0 fully saturated rings. The second kappa shape index (κ2) is 7.87. The van der Waals surface area contributed by atoms with Crippen molar-refractivity contribution in [3.63, 3.8) is 0 Å². The topological polar surface area (TPSA) is 73.9 Å². The van der Waals surface area contributed by atoms with Gasteiger partial charge in [-0.3, -0.25) is 0 Å². The van der Waals surface area contributed by atoms with E-state index in [0.717, 1.165) is 13.2 Å². The van der Waals surface area contributed by atoms with E-state index in [1.165, 1.54) is 12.7 Å². The summed E-state index contributed by atoms with van der Waals surface area (Å²) in [6, 6.07) is 0. The molecule has 12 heavy (non-hydrogen) atoms. The summed E-state index contributed by atoms with van der Waals surface area (Å²) in [7, 11) is 0. The Hall–Kier alpha value is -1.23. The fraction of sp³-hybridized carbons (Fsp3) is 0.571. The van der Waals surface area contributed by atoms with Crippen molar-refractivity contribution in [3.8, 4) is 0 Å². The number of ether oxygens (including phenoxy) is 1. The van der Waals surface area contributed by atoms with E-state index in [1.54, 1.807) is 0 Å². The lowest BCUT2D eigenvalue weighted by atomic mass is 10.8. The molecule has 1 rings (SSSR count).